The number of carboxylic acids is 1. The molecule has 9 heteroatoms. The summed E-state index contributed by atoms with van der Waals surface area (Å²) >= 11 is 2.86. The maximum atomic E-state index is 12.1. The van der Waals surface area contributed by atoms with Crippen LogP contribution >= 0.6 is 15.9 Å². The minimum Gasteiger partial charge on any atom is -0.508 e. The molecule has 0 aliphatic carbocycles. The van der Waals surface area contributed by atoms with Crippen molar-refractivity contribution in [3.05, 3.63) is 40.8 Å². The number of nitrogens with one attached hydrogen (secondary N) is 1. The zero-order valence-corrected chi connectivity index (χ0v) is 12.1. The molecule has 0 amide bonds. The molecule has 106 valence electrons. The Morgan fingerprint density at radius 1 is 1.25 bits per heavy atom. The maximum absolute atomic E-state index is 12.1. The molecule has 0 bridgehead atoms. The fraction of sp³-hybridized carbons (Fsp3) is 0. The van der Waals surface area contributed by atoms with Crippen LogP contribution in [0.15, 0.2) is 44.3 Å². The molecule has 1 heterocycles. The van der Waals surface area contributed by atoms with Crippen LogP contribution in [0.5, 0.6) is 5.75 Å². The number of hydrogen-bond acceptors (Lipinski definition) is 5. The van der Waals surface area contributed by atoms with Gasteiger partial charge < -0.3 is 14.6 Å². The summed E-state index contributed by atoms with van der Waals surface area (Å²) in [6.45, 7) is 0. The van der Waals surface area contributed by atoms with Crippen molar-refractivity contribution in [2.24, 2.45) is 0 Å². The number of carboxylic acid groups (broad SMARTS) is 1. The van der Waals surface area contributed by atoms with Crippen LogP contribution in [-0.2, 0) is 10.0 Å². The fourth-order valence-electron chi connectivity index (χ4n) is 1.38. The van der Waals surface area contributed by atoms with E-state index in [1.807, 2.05) is 0 Å². The van der Waals surface area contributed by atoms with Gasteiger partial charge in [-0.15, -0.1) is 0 Å². The second-order valence-electron chi connectivity index (χ2n) is 3.71. The molecule has 0 saturated carbocycles. The highest BCUT2D eigenvalue weighted by Gasteiger charge is 2.24. The van der Waals surface area contributed by atoms with Crippen molar-refractivity contribution in [1.29, 1.82) is 0 Å². The molecule has 2 aromatic rings. The van der Waals surface area contributed by atoms with Gasteiger partial charge in [0.05, 0.1) is 0 Å². The summed E-state index contributed by atoms with van der Waals surface area (Å²) in [4.78, 5) is 10.4. The number of benzene rings is 1. The normalized spacial score (nSPS) is 11.2. The maximum Gasteiger partial charge on any atom is 0.371 e. The van der Waals surface area contributed by atoms with E-state index < -0.39 is 21.8 Å². The number of furan rings is 1. The van der Waals surface area contributed by atoms with Crippen molar-refractivity contribution in [3.63, 3.8) is 0 Å². The van der Waals surface area contributed by atoms with Crippen molar-refractivity contribution in [1.82, 2.24) is 0 Å². The molecular weight excluding hydrogens is 354 g/mol. The van der Waals surface area contributed by atoms with Crippen molar-refractivity contribution < 1.29 is 27.8 Å². The van der Waals surface area contributed by atoms with Gasteiger partial charge in [0.2, 0.25) is 5.76 Å². The number of aromatic carboxylic acids is 1. The Hall–Kier alpha value is -2.00. The summed E-state index contributed by atoms with van der Waals surface area (Å²) in [7, 11) is -4.01. The molecule has 0 spiro atoms. The van der Waals surface area contributed by atoms with Gasteiger partial charge in [0.1, 0.15) is 10.6 Å². The first-order valence-electron chi connectivity index (χ1n) is 5.14. The number of anilines is 1. The van der Waals surface area contributed by atoms with Gasteiger partial charge in [-0.05, 0) is 40.2 Å². The van der Waals surface area contributed by atoms with Gasteiger partial charge in [-0.1, -0.05) is 0 Å². The number of phenols is 1. The Labute approximate surface area is 122 Å². The van der Waals surface area contributed by atoms with Crippen LogP contribution in [0.25, 0.3) is 0 Å². The first kappa shape index (κ1) is 14.4. The SMILES string of the molecule is O=C(O)c1cc(S(=O)(=O)Nc2ccc(O)cc2)c(Br)o1. The van der Waals surface area contributed by atoms with Crippen molar-refractivity contribution >= 4 is 37.6 Å². The Kier molecular flexibility index (Phi) is 3.73. The van der Waals surface area contributed by atoms with Crippen LogP contribution in [0.3, 0.4) is 0 Å². The number of aromatic hydroxyl groups is 1. The lowest BCUT2D eigenvalue weighted by Crippen LogP contribution is -2.12. The third-order valence-corrected chi connectivity index (χ3v) is 4.51. The van der Waals surface area contributed by atoms with Crippen LogP contribution in [0.2, 0.25) is 0 Å². The number of rotatable bonds is 4. The number of phenolic OH excluding ortho intramolecular Hbond substituents is 1. The second-order valence-corrected chi connectivity index (χ2v) is 6.08. The van der Waals surface area contributed by atoms with Crippen LogP contribution in [-0.4, -0.2) is 24.6 Å². The Bertz CT molecular complexity index is 750. The summed E-state index contributed by atoms with van der Waals surface area (Å²) in [5, 5.41) is 17.9. The zero-order chi connectivity index (χ0) is 14.9. The molecule has 0 aliphatic rings. The minimum absolute atomic E-state index is 0.00870. The number of hydrogen-bond donors (Lipinski definition) is 3. The van der Waals surface area contributed by atoms with E-state index in [9.17, 15) is 13.2 Å². The summed E-state index contributed by atoms with van der Waals surface area (Å²) in [6, 6.07) is 6.24. The van der Waals surface area contributed by atoms with E-state index in [4.69, 9.17) is 14.6 Å². The number of carbonyl (C=O) groups is 1. The van der Waals surface area contributed by atoms with Crippen LogP contribution in [0.1, 0.15) is 10.6 Å². The average Bonchev–Trinajstić information content (AvgIpc) is 2.75. The molecule has 0 saturated heterocycles. The number of sulfonamides is 1. The van der Waals surface area contributed by atoms with Crippen LogP contribution in [0, 0.1) is 0 Å². The lowest BCUT2D eigenvalue weighted by Gasteiger charge is -2.06. The van der Waals surface area contributed by atoms with Gasteiger partial charge in [0, 0.05) is 11.8 Å². The van der Waals surface area contributed by atoms with E-state index in [2.05, 4.69) is 20.7 Å². The van der Waals surface area contributed by atoms with Gasteiger partial charge in [-0.25, -0.2) is 13.2 Å². The molecule has 0 aliphatic heterocycles. The second kappa shape index (κ2) is 5.17. The summed E-state index contributed by atoms with van der Waals surface area (Å²) in [5.41, 5.74) is 0.216. The van der Waals surface area contributed by atoms with E-state index in [1.54, 1.807) is 0 Å². The largest absolute Gasteiger partial charge is 0.508 e. The first-order chi connectivity index (χ1) is 9.29. The van der Waals surface area contributed by atoms with Gasteiger partial charge in [0.25, 0.3) is 10.0 Å². The lowest BCUT2D eigenvalue weighted by atomic mass is 10.3. The van der Waals surface area contributed by atoms with E-state index in [0.717, 1.165) is 6.07 Å². The van der Waals surface area contributed by atoms with Gasteiger partial charge in [-0.3, -0.25) is 4.72 Å². The van der Waals surface area contributed by atoms with E-state index in [-0.39, 0.29) is 21.0 Å². The highest BCUT2D eigenvalue weighted by atomic mass is 79.9. The smallest absolute Gasteiger partial charge is 0.371 e. The van der Waals surface area contributed by atoms with Gasteiger partial charge in [0.15, 0.2) is 4.67 Å². The topological polar surface area (TPSA) is 117 Å². The quantitative estimate of drug-likeness (QED) is 0.719. The molecule has 0 fully saturated rings. The van der Waals surface area contributed by atoms with Crippen molar-refractivity contribution in [2.45, 2.75) is 4.90 Å². The lowest BCUT2D eigenvalue weighted by molar-refractivity contribution is 0.0661. The van der Waals surface area contributed by atoms with E-state index >= 15 is 0 Å². The predicted octanol–water partition coefficient (Wildman–Crippen LogP) is 2.25. The molecule has 0 unspecified atom stereocenters. The van der Waals surface area contributed by atoms with Crippen LogP contribution < -0.4 is 4.72 Å². The summed E-state index contributed by atoms with van der Waals surface area (Å²) in [5.74, 6) is -1.88. The van der Waals surface area contributed by atoms with E-state index in [0.29, 0.717) is 0 Å². The Morgan fingerprint density at radius 3 is 2.35 bits per heavy atom. The molecule has 7 nitrogen and oxygen atoms in total. The molecule has 3 N–H and O–H groups in total. The monoisotopic (exact) mass is 361 g/mol. The predicted molar refractivity (Wildman–Crippen MR) is 72.3 cm³/mol. The highest BCUT2D eigenvalue weighted by Crippen LogP contribution is 2.28. The third-order valence-electron chi connectivity index (χ3n) is 2.28. The molecule has 0 radical (unpaired) electrons. The summed E-state index contributed by atoms with van der Waals surface area (Å²) in [6.07, 6.45) is 0. The van der Waals surface area contributed by atoms with Gasteiger partial charge >= 0.3 is 5.97 Å². The molecular formula is C11H8BrNO6S. The molecule has 0 atom stereocenters. The number of halogens is 1. The van der Waals surface area contributed by atoms with Crippen molar-refractivity contribution in [2.75, 3.05) is 4.72 Å². The zero-order valence-electron chi connectivity index (χ0n) is 9.70. The van der Waals surface area contributed by atoms with Crippen LogP contribution in [0.4, 0.5) is 5.69 Å². The summed E-state index contributed by atoms with van der Waals surface area (Å²) < 4.78 is 31.0. The minimum atomic E-state index is -4.01. The van der Waals surface area contributed by atoms with E-state index in [1.165, 1.54) is 24.3 Å². The molecule has 20 heavy (non-hydrogen) atoms. The van der Waals surface area contributed by atoms with Gasteiger partial charge in [-0.2, -0.15) is 0 Å². The molecule has 1 aromatic carbocycles. The highest BCUT2D eigenvalue weighted by molar-refractivity contribution is 9.10. The third kappa shape index (κ3) is 2.94. The first-order valence-corrected chi connectivity index (χ1v) is 7.42. The molecule has 2 rings (SSSR count). The molecule has 1 aromatic heterocycles. The standard InChI is InChI=1S/C11H8BrNO6S/c12-10-9(5-8(19-10)11(15)16)20(17,18)13-6-1-3-7(14)4-2-6/h1-5,13-14H,(H,15,16). The Balaban J connectivity index is 2.35. The fourth-order valence-corrected chi connectivity index (χ4v) is 3.38. The van der Waals surface area contributed by atoms with Crippen molar-refractivity contribution in [3.8, 4) is 5.75 Å². The Morgan fingerprint density at radius 2 is 1.85 bits per heavy atom. The average molecular weight is 362 g/mol.